The van der Waals surface area contributed by atoms with E-state index in [0.717, 1.165) is 25.0 Å². The Morgan fingerprint density at radius 1 is 1.26 bits per heavy atom. The third-order valence-electron chi connectivity index (χ3n) is 5.52. The number of nitrogens with one attached hydrogen (secondary N) is 2. The molecule has 2 saturated carbocycles. The number of nitrogens with zero attached hydrogens (tertiary/aromatic N) is 2. The van der Waals surface area contributed by atoms with E-state index in [2.05, 4.69) is 41.1 Å². The van der Waals surface area contributed by atoms with Gasteiger partial charge in [-0.2, -0.15) is 11.8 Å². The molecule has 2 aliphatic carbocycles. The molecular weight excluding hydrogens is 419 g/mol. The second-order valence-electron chi connectivity index (χ2n) is 7.19. The Bertz CT molecular complexity index is 392. The molecule has 0 aromatic rings. The smallest absolute Gasteiger partial charge is 0.191 e. The number of hydrogen-bond acceptors (Lipinski definition) is 3. The Kier molecular flexibility index (Phi) is 7.79. The second kappa shape index (κ2) is 9.13. The fraction of sp³-hybridized carbons (Fsp3) is 0.941. The topological polar surface area (TPSA) is 39.7 Å². The summed E-state index contributed by atoms with van der Waals surface area (Å²) in [5.74, 6) is 4.44. The van der Waals surface area contributed by atoms with Crippen LogP contribution >= 0.6 is 35.7 Å². The van der Waals surface area contributed by atoms with Crippen molar-refractivity contribution in [3.05, 3.63) is 0 Å². The highest BCUT2D eigenvalue weighted by Gasteiger charge is 2.40. The molecule has 0 aromatic carbocycles. The van der Waals surface area contributed by atoms with Gasteiger partial charge in [-0.25, -0.2) is 0 Å². The lowest BCUT2D eigenvalue weighted by Gasteiger charge is -2.42. The van der Waals surface area contributed by atoms with Crippen molar-refractivity contribution in [2.24, 2.45) is 10.9 Å². The zero-order valence-electron chi connectivity index (χ0n) is 14.6. The Labute approximate surface area is 163 Å². The minimum absolute atomic E-state index is 0. The van der Waals surface area contributed by atoms with Gasteiger partial charge in [0.25, 0.3) is 0 Å². The maximum Gasteiger partial charge on any atom is 0.191 e. The molecule has 23 heavy (non-hydrogen) atoms. The van der Waals surface area contributed by atoms with Gasteiger partial charge in [0, 0.05) is 42.7 Å². The fourth-order valence-electron chi connectivity index (χ4n) is 3.89. The van der Waals surface area contributed by atoms with Gasteiger partial charge in [-0.3, -0.25) is 9.89 Å². The average Bonchev–Trinajstić information content (AvgIpc) is 3.03. The van der Waals surface area contributed by atoms with Crippen LogP contribution in [0.2, 0.25) is 0 Å². The van der Waals surface area contributed by atoms with Gasteiger partial charge in [-0.1, -0.05) is 19.8 Å². The summed E-state index contributed by atoms with van der Waals surface area (Å²) >= 11 is 2.10. The summed E-state index contributed by atoms with van der Waals surface area (Å²) in [4.78, 5) is 7.76. The second-order valence-corrected chi connectivity index (χ2v) is 8.41. The standard InChI is InChI=1S/C17H32N4S.HI/c1-3-18-16(20-15-12-14(15)2)19-13-17(6-4-5-7-17)21-8-10-22-11-9-21;/h14-15H,3-13H2,1-2H3,(H2,18,19,20);1H. The molecule has 3 aliphatic rings. The highest BCUT2D eigenvalue weighted by atomic mass is 127. The van der Waals surface area contributed by atoms with Gasteiger partial charge in [-0.15, -0.1) is 24.0 Å². The number of guanidine groups is 1. The fourth-order valence-corrected chi connectivity index (χ4v) is 4.79. The molecule has 0 radical (unpaired) electrons. The van der Waals surface area contributed by atoms with Gasteiger partial charge in [0.1, 0.15) is 0 Å². The van der Waals surface area contributed by atoms with Crippen LogP contribution in [0.25, 0.3) is 0 Å². The van der Waals surface area contributed by atoms with E-state index in [1.54, 1.807) is 0 Å². The van der Waals surface area contributed by atoms with Crippen molar-refractivity contribution in [3.63, 3.8) is 0 Å². The molecular formula is C17H33IN4S. The normalized spacial score (nSPS) is 30.6. The lowest BCUT2D eigenvalue weighted by atomic mass is 9.95. The quantitative estimate of drug-likeness (QED) is 0.382. The van der Waals surface area contributed by atoms with Crippen LogP contribution in [0.5, 0.6) is 0 Å². The first-order valence-corrected chi connectivity index (χ1v) is 10.3. The first-order chi connectivity index (χ1) is 10.7. The van der Waals surface area contributed by atoms with E-state index < -0.39 is 0 Å². The number of rotatable bonds is 5. The highest BCUT2D eigenvalue weighted by Crippen LogP contribution is 2.37. The van der Waals surface area contributed by atoms with Crippen LogP contribution in [0.4, 0.5) is 0 Å². The van der Waals surface area contributed by atoms with Gasteiger partial charge in [0.15, 0.2) is 5.96 Å². The van der Waals surface area contributed by atoms with E-state index in [1.807, 2.05) is 0 Å². The summed E-state index contributed by atoms with van der Waals surface area (Å²) in [6, 6.07) is 0.642. The number of thioether (sulfide) groups is 1. The highest BCUT2D eigenvalue weighted by molar-refractivity contribution is 14.0. The molecule has 134 valence electrons. The molecule has 2 unspecified atom stereocenters. The van der Waals surface area contributed by atoms with E-state index in [1.165, 1.54) is 56.7 Å². The molecule has 2 N–H and O–H groups in total. The van der Waals surface area contributed by atoms with Crippen molar-refractivity contribution in [1.82, 2.24) is 15.5 Å². The average molecular weight is 452 g/mol. The largest absolute Gasteiger partial charge is 0.357 e. The first-order valence-electron chi connectivity index (χ1n) is 9.11. The maximum atomic E-state index is 5.00. The monoisotopic (exact) mass is 452 g/mol. The summed E-state index contributed by atoms with van der Waals surface area (Å²) in [6.07, 6.45) is 6.71. The van der Waals surface area contributed by atoms with Crippen molar-refractivity contribution < 1.29 is 0 Å². The van der Waals surface area contributed by atoms with Crippen LogP contribution in [0.3, 0.4) is 0 Å². The minimum Gasteiger partial charge on any atom is -0.357 e. The lowest BCUT2D eigenvalue weighted by molar-refractivity contribution is 0.112. The van der Waals surface area contributed by atoms with E-state index in [-0.39, 0.29) is 24.0 Å². The summed E-state index contributed by atoms with van der Waals surface area (Å²) in [6.45, 7) is 8.88. The van der Waals surface area contributed by atoms with Crippen molar-refractivity contribution >= 4 is 41.7 Å². The lowest BCUT2D eigenvalue weighted by Crippen LogP contribution is -2.53. The SMILES string of the molecule is CCNC(=NCC1(N2CCSCC2)CCCC1)NC1CC1C.I. The predicted molar refractivity (Wildman–Crippen MR) is 112 cm³/mol. The van der Waals surface area contributed by atoms with Crippen LogP contribution in [-0.4, -0.2) is 60.1 Å². The van der Waals surface area contributed by atoms with Crippen LogP contribution in [0, 0.1) is 5.92 Å². The van der Waals surface area contributed by atoms with Gasteiger partial charge in [-0.05, 0) is 32.1 Å². The van der Waals surface area contributed by atoms with E-state index in [9.17, 15) is 0 Å². The molecule has 1 aliphatic heterocycles. The molecule has 0 spiro atoms. The molecule has 1 saturated heterocycles. The van der Waals surface area contributed by atoms with Gasteiger partial charge < -0.3 is 10.6 Å². The molecule has 2 atom stereocenters. The molecule has 3 rings (SSSR count). The van der Waals surface area contributed by atoms with Gasteiger partial charge in [0.05, 0.1) is 6.54 Å². The van der Waals surface area contributed by atoms with Crippen molar-refractivity contribution in [3.8, 4) is 0 Å². The van der Waals surface area contributed by atoms with E-state index in [0.29, 0.717) is 11.6 Å². The third-order valence-corrected chi connectivity index (χ3v) is 6.47. The van der Waals surface area contributed by atoms with Crippen LogP contribution in [0.1, 0.15) is 46.0 Å². The Balaban J connectivity index is 0.00000192. The number of hydrogen-bond donors (Lipinski definition) is 2. The van der Waals surface area contributed by atoms with Crippen LogP contribution < -0.4 is 10.6 Å². The maximum absolute atomic E-state index is 5.00. The van der Waals surface area contributed by atoms with Crippen molar-refractivity contribution in [2.45, 2.75) is 57.5 Å². The molecule has 6 heteroatoms. The molecule has 0 bridgehead atoms. The van der Waals surface area contributed by atoms with Crippen molar-refractivity contribution in [2.75, 3.05) is 37.7 Å². The third kappa shape index (κ3) is 5.14. The first kappa shape index (κ1) is 19.6. The number of aliphatic imine (C=N–C) groups is 1. The minimum atomic E-state index is 0. The molecule has 1 heterocycles. The Morgan fingerprint density at radius 2 is 1.91 bits per heavy atom. The zero-order chi connectivity index (χ0) is 15.4. The van der Waals surface area contributed by atoms with E-state index in [4.69, 9.17) is 4.99 Å². The van der Waals surface area contributed by atoms with Gasteiger partial charge in [0.2, 0.25) is 0 Å². The van der Waals surface area contributed by atoms with Crippen LogP contribution in [-0.2, 0) is 0 Å². The summed E-state index contributed by atoms with van der Waals surface area (Å²) in [5, 5.41) is 7.04. The molecule has 4 nitrogen and oxygen atoms in total. The predicted octanol–water partition coefficient (Wildman–Crippen LogP) is 2.93. The van der Waals surface area contributed by atoms with Gasteiger partial charge >= 0.3 is 0 Å². The Hall–Kier alpha value is 0.310. The van der Waals surface area contributed by atoms with Crippen LogP contribution in [0.15, 0.2) is 4.99 Å². The zero-order valence-corrected chi connectivity index (χ0v) is 17.8. The Morgan fingerprint density at radius 3 is 2.48 bits per heavy atom. The summed E-state index contributed by atoms with van der Waals surface area (Å²) < 4.78 is 0. The van der Waals surface area contributed by atoms with Crippen molar-refractivity contribution in [1.29, 1.82) is 0 Å². The van der Waals surface area contributed by atoms with E-state index >= 15 is 0 Å². The molecule has 0 aromatic heterocycles. The molecule has 3 fully saturated rings. The molecule has 0 amide bonds. The summed E-state index contributed by atoms with van der Waals surface area (Å²) in [7, 11) is 0. The summed E-state index contributed by atoms with van der Waals surface area (Å²) in [5.41, 5.74) is 0.346. The number of halogens is 1.